The molecular weight excluding hydrogens is 366 g/mol. The number of allylic oxidation sites excluding steroid dienone is 1. The third-order valence-corrected chi connectivity index (χ3v) is 5.60. The minimum atomic E-state index is -0.863. The number of rotatable bonds is 6. The number of carbonyl (C=O) groups is 1. The molecule has 0 saturated heterocycles. The Labute approximate surface area is 150 Å². The van der Waals surface area contributed by atoms with Crippen molar-refractivity contribution >= 4 is 58.9 Å². The zero-order chi connectivity index (χ0) is 17.1. The molecule has 1 aliphatic heterocycles. The number of thiophene rings is 1. The SMILES string of the molecule is O=C(O)CCCn1c(O)c(/C=C2\C=NN=C2c2cccs2)sc1=S. The van der Waals surface area contributed by atoms with E-state index in [1.165, 1.54) is 11.3 Å². The van der Waals surface area contributed by atoms with Crippen LogP contribution in [0.25, 0.3) is 6.08 Å². The molecular formula is C15H13N3O3S3. The molecule has 0 fully saturated rings. The van der Waals surface area contributed by atoms with Gasteiger partial charge >= 0.3 is 5.97 Å². The molecule has 0 saturated carbocycles. The van der Waals surface area contributed by atoms with Crippen LogP contribution >= 0.6 is 34.9 Å². The molecule has 9 heteroatoms. The highest BCUT2D eigenvalue weighted by Gasteiger charge is 2.17. The Morgan fingerprint density at radius 2 is 2.29 bits per heavy atom. The van der Waals surface area contributed by atoms with Crippen molar-refractivity contribution in [1.29, 1.82) is 0 Å². The van der Waals surface area contributed by atoms with Gasteiger partial charge in [-0.2, -0.15) is 5.10 Å². The molecule has 0 radical (unpaired) electrons. The van der Waals surface area contributed by atoms with Gasteiger partial charge in [0, 0.05) is 18.5 Å². The summed E-state index contributed by atoms with van der Waals surface area (Å²) in [5.74, 6) is -0.814. The minimum Gasteiger partial charge on any atom is -0.493 e. The quantitative estimate of drug-likeness (QED) is 0.748. The van der Waals surface area contributed by atoms with Crippen LogP contribution < -0.4 is 0 Å². The Bertz CT molecular complexity index is 904. The van der Waals surface area contributed by atoms with Crippen LogP contribution in [0, 0.1) is 3.95 Å². The molecule has 2 N–H and O–H groups in total. The lowest BCUT2D eigenvalue weighted by molar-refractivity contribution is -0.137. The largest absolute Gasteiger partial charge is 0.493 e. The number of carboxylic acid groups (broad SMARTS) is 1. The molecule has 0 bridgehead atoms. The molecule has 0 aliphatic carbocycles. The summed E-state index contributed by atoms with van der Waals surface area (Å²) in [6, 6.07) is 3.91. The van der Waals surface area contributed by atoms with E-state index in [1.807, 2.05) is 17.5 Å². The van der Waals surface area contributed by atoms with Crippen molar-refractivity contribution in [3.8, 4) is 5.88 Å². The standard InChI is InChI=1S/C15H13N3O3S3/c19-12(20)4-1-5-18-14(21)11(24-15(18)22)7-9-8-16-17-13(9)10-3-2-6-23-10/h2-3,6-8,21H,1,4-5H2,(H,19,20)/b9-7+. The highest BCUT2D eigenvalue weighted by atomic mass is 32.1. The average molecular weight is 379 g/mol. The number of aliphatic carboxylic acids is 1. The normalized spacial score (nSPS) is 15.2. The van der Waals surface area contributed by atoms with Crippen molar-refractivity contribution in [2.45, 2.75) is 19.4 Å². The highest BCUT2D eigenvalue weighted by Crippen LogP contribution is 2.30. The van der Waals surface area contributed by atoms with E-state index in [-0.39, 0.29) is 12.3 Å². The molecule has 0 atom stereocenters. The molecule has 0 spiro atoms. The summed E-state index contributed by atoms with van der Waals surface area (Å²) in [6.45, 7) is 0.372. The molecule has 3 heterocycles. The zero-order valence-electron chi connectivity index (χ0n) is 12.4. The summed E-state index contributed by atoms with van der Waals surface area (Å²) in [6.07, 6.45) is 3.90. The Balaban J connectivity index is 1.85. The minimum absolute atomic E-state index is 0.0370. The first-order valence-corrected chi connectivity index (χ1v) is 9.18. The molecule has 1 aliphatic rings. The third-order valence-electron chi connectivity index (χ3n) is 3.34. The van der Waals surface area contributed by atoms with Gasteiger partial charge in [-0.15, -0.1) is 27.8 Å². The van der Waals surface area contributed by atoms with E-state index in [9.17, 15) is 9.90 Å². The maximum absolute atomic E-state index is 10.6. The fourth-order valence-corrected chi connectivity index (χ4v) is 4.25. The Kier molecular flexibility index (Phi) is 5.03. The third kappa shape index (κ3) is 3.53. The van der Waals surface area contributed by atoms with Crippen LogP contribution in [0.3, 0.4) is 0 Å². The Hall–Kier alpha value is -2.10. The van der Waals surface area contributed by atoms with Crippen molar-refractivity contribution in [2.24, 2.45) is 10.2 Å². The van der Waals surface area contributed by atoms with Gasteiger partial charge in [-0.05, 0) is 36.2 Å². The van der Waals surface area contributed by atoms with Crippen LogP contribution in [0.4, 0.5) is 0 Å². The summed E-state index contributed by atoms with van der Waals surface area (Å²) in [4.78, 5) is 12.2. The van der Waals surface area contributed by atoms with Gasteiger partial charge in [-0.3, -0.25) is 9.36 Å². The van der Waals surface area contributed by atoms with Gasteiger partial charge in [0.25, 0.3) is 0 Å². The number of hydrogen-bond donors (Lipinski definition) is 2. The van der Waals surface area contributed by atoms with Crippen molar-refractivity contribution in [3.05, 3.63) is 36.8 Å². The first-order valence-electron chi connectivity index (χ1n) is 7.07. The zero-order valence-corrected chi connectivity index (χ0v) is 14.8. The highest BCUT2D eigenvalue weighted by molar-refractivity contribution is 7.73. The Morgan fingerprint density at radius 1 is 1.46 bits per heavy atom. The molecule has 6 nitrogen and oxygen atoms in total. The summed E-state index contributed by atoms with van der Waals surface area (Å²) in [5, 5.41) is 29.2. The topological polar surface area (TPSA) is 87.2 Å². The lowest BCUT2D eigenvalue weighted by Gasteiger charge is -2.03. The second kappa shape index (κ2) is 7.20. The van der Waals surface area contributed by atoms with E-state index in [2.05, 4.69) is 10.2 Å². The monoisotopic (exact) mass is 379 g/mol. The van der Waals surface area contributed by atoms with Gasteiger partial charge in [-0.25, -0.2) is 0 Å². The summed E-state index contributed by atoms with van der Waals surface area (Å²) < 4.78 is 2.07. The predicted octanol–water partition coefficient (Wildman–Crippen LogP) is 3.78. The van der Waals surface area contributed by atoms with Crippen LogP contribution in [0.5, 0.6) is 5.88 Å². The van der Waals surface area contributed by atoms with Crippen molar-refractivity contribution in [3.63, 3.8) is 0 Å². The number of carboxylic acids is 1. The smallest absolute Gasteiger partial charge is 0.303 e. The maximum Gasteiger partial charge on any atom is 0.303 e. The number of hydrogen-bond acceptors (Lipinski definition) is 7. The molecule has 3 rings (SSSR count). The molecule has 2 aromatic rings. The lowest BCUT2D eigenvalue weighted by Crippen LogP contribution is -2.02. The van der Waals surface area contributed by atoms with Crippen LogP contribution in [-0.2, 0) is 11.3 Å². The van der Waals surface area contributed by atoms with Gasteiger partial charge in [0.05, 0.1) is 16.0 Å². The Morgan fingerprint density at radius 3 is 3.00 bits per heavy atom. The first kappa shape index (κ1) is 16.7. The van der Waals surface area contributed by atoms with Crippen LogP contribution in [0.15, 0.2) is 33.3 Å². The number of aromatic hydroxyl groups is 1. The summed E-state index contributed by atoms with van der Waals surface area (Å²) >= 11 is 8.12. The molecule has 0 amide bonds. The van der Waals surface area contributed by atoms with E-state index >= 15 is 0 Å². The molecule has 24 heavy (non-hydrogen) atoms. The molecule has 0 aromatic carbocycles. The average Bonchev–Trinajstić information content (AvgIpc) is 3.24. The van der Waals surface area contributed by atoms with E-state index < -0.39 is 5.97 Å². The van der Waals surface area contributed by atoms with Crippen LogP contribution in [0.1, 0.15) is 22.6 Å². The number of thiazole rings is 1. The summed E-state index contributed by atoms with van der Waals surface area (Å²) in [5.41, 5.74) is 1.57. The molecule has 0 unspecified atom stereocenters. The van der Waals surface area contributed by atoms with Gasteiger partial charge < -0.3 is 10.2 Å². The maximum atomic E-state index is 10.6. The van der Waals surface area contributed by atoms with E-state index in [1.54, 1.807) is 28.2 Å². The van der Waals surface area contributed by atoms with E-state index in [4.69, 9.17) is 17.3 Å². The van der Waals surface area contributed by atoms with Gasteiger partial charge in [0.15, 0.2) is 3.95 Å². The van der Waals surface area contributed by atoms with E-state index in [0.29, 0.717) is 21.8 Å². The predicted molar refractivity (Wildman–Crippen MR) is 99.0 cm³/mol. The van der Waals surface area contributed by atoms with Crippen molar-refractivity contribution in [1.82, 2.24) is 4.57 Å². The number of aromatic nitrogens is 1. The van der Waals surface area contributed by atoms with Crippen LogP contribution in [0.2, 0.25) is 0 Å². The number of nitrogens with zero attached hydrogens (tertiary/aromatic N) is 3. The summed E-state index contributed by atoms with van der Waals surface area (Å²) in [7, 11) is 0. The van der Waals surface area contributed by atoms with Crippen molar-refractivity contribution < 1.29 is 15.0 Å². The fraction of sp³-hybridized carbons (Fsp3) is 0.200. The van der Waals surface area contributed by atoms with E-state index in [0.717, 1.165) is 16.2 Å². The van der Waals surface area contributed by atoms with Crippen LogP contribution in [-0.4, -0.2) is 32.7 Å². The molecule has 124 valence electrons. The second-order valence-electron chi connectivity index (χ2n) is 4.97. The van der Waals surface area contributed by atoms with Gasteiger partial charge in [0.1, 0.15) is 5.71 Å². The first-order chi connectivity index (χ1) is 11.6. The van der Waals surface area contributed by atoms with Crippen molar-refractivity contribution in [2.75, 3.05) is 0 Å². The lowest BCUT2D eigenvalue weighted by atomic mass is 10.1. The second-order valence-corrected chi connectivity index (χ2v) is 7.60. The van der Waals surface area contributed by atoms with Gasteiger partial charge in [-0.1, -0.05) is 6.07 Å². The van der Waals surface area contributed by atoms with Gasteiger partial charge in [0.2, 0.25) is 5.88 Å². The fourth-order valence-electron chi connectivity index (χ4n) is 2.21. The molecule has 2 aromatic heterocycles.